The summed E-state index contributed by atoms with van der Waals surface area (Å²) in [6.45, 7) is 4.62. The zero-order chi connectivity index (χ0) is 11.3. The Hall–Kier alpha value is -0.650. The second-order valence-corrected chi connectivity index (χ2v) is 3.87. The van der Waals surface area contributed by atoms with Crippen molar-refractivity contribution in [1.82, 2.24) is 4.90 Å². The van der Waals surface area contributed by atoms with Crippen LogP contribution in [-0.4, -0.2) is 61.5 Å². The molecule has 0 aliphatic carbocycles. The molecule has 0 saturated carbocycles. The highest BCUT2D eigenvalue weighted by atomic mass is 16.5. The highest BCUT2D eigenvalue weighted by molar-refractivity contribution is 5.67. The second kappa shape index (κ2) is 6.05. The van der Waals surface area contributed by atoms with Crippen molar-refractivity contribution in [2.24, 2.45) is 0 Å². The molecule has 1 aliphatic rings. The van der Waals surface area contributed by atoms with Crippen molar-refractivity contribution in [2.75, 3.05) is 33.5 Å². The Balaban J connectivity index is 2.52. The van der Waals surface area contributed by atoms with Gasteiger partial charge in [0, 0.05) is 25.7 Å². The van der Waals surface area contributed by atoms with E-state index in [2.05, 4.69) is 4.90 Å². The Kier molecular flexibility index (Phi) is 5.01. The van der Waals surface area contributed by atoms with Gasteiger partial charge in [0.2, 0.25) is 0 Å². The average Bonchev–Trinajstić information content (AvgIpc) is 2.18. The van der Waals surface area contributed by atoms with Crippen molar-refractivity contribution in [2.45, 2.75) is 25.4 Å². The fourth-order valence-corrected chi connectivity index (χ4v) is 1.96. The van der Waals surface area contributed by atoms with E-state index in [1.165, 1.54) is 0 Å². The van der Waals surface area contributed by atoms with Crippen LogP contribution in [0.1, 0.15) is 13.3 Å². The van der Waals surface area contributed by atoms with E-state index in [0.717, 1.165) is 6.54 Å². The molecule has 2 unspecified atom stereocenters. The van der Waals surface area contributed by atoms with Gasteiger partial charge >= 0.3 is 5.97 Å². The Labute approximate surface area is 90.0 Å². The molecule has 0 aromatic carbocycles. The molecule has 1 heterocycles. The molecule has 2 atom stereocenters. The molecule has 0 aromatic rings. The first-order valence-corrected chi connectivity index (χ1v) is 5.19. The van der Waals surface area contributed by atoms with Crippen molar-refractivity contribution < 1.29 is 19.4 Å². The van der Waals surface area contributed by atoms with Crippen LogP contribution >= 0.6 is 0 Å². The smallest absolute Gasteiger partial charge is 0.305 e. The van der Waals surface area contributed by atoms with Gasteiger partial charge in [-0.2, -0.15) is 0 Å². The van der Waals surface area contributed by atoms with Crippen LogP contribution in [0.4, 0.5) is 0 Å². The van der Waals surface area contributed by atoms with Crippen molar-refractivity contribution >= 4 is 5.97 Å². The Bertz CT molecular complexity index is 210. The van der Waals surface area contributed by atoms with Gasteiger partial charge in [0.25, 0.3) is 0 Å². The predicted octanol–water partition coefficient (Wildman–Crippen LogP) is 0.197. The molecular weight excluding hydrogens is 198 g/mol. The number of hydrogen-bond donors (Lipinski definition) is 1. The largest absolute Gasteiger partial charge is 0.481 e. The number of rotatable bonds is 5. The highest BCUT2D eigenvalue weighted by Crippen LogP contribution is 2.14. The molecule has 1 fully saturated rings. The Morgan fingerprint density at radius 1 is 1.73 bits per heavy atom. The third kappa shape index (κ3) is 3.77. The third-order valence-corrected chi connectivity index (χ3v) is 2.66. The Morgan fingerprint density at radius 2 is 2.47 bits per heavy atom. The number of methoxy groups -OCH3 is 1. The Morgan fingerprint density at radius 3 is 3.07 bits per heavy atom. The lowest BCUT2D eigenvalue weighted by molar-refractivity contribution is -0.141. The van der Waals surface area contributed by atoms with Crippen LogP contribution in [0.5, 0.6) is 0 Å². The first-order chi connectivity index (χ1) is 7.15. The first kappa shape index (κ1) is 12.4. The SMILES string of the molecule is COCC(C)N1CCOCC1CC(=O)O. The van der Waals surface area contributed by atoms with E-state index >= 15 is 0 Å². The summed E-state index contributed by atoms with van der Waals surface area (Å²) >= 11 is 0. The quantitative estimate of drug-likeness (QED) is 0.712. The van der Waals surface area contributed by atoms with Gasteiger partial charge in [0.15, 0.2) is 0 Å². The third-order valence-electron chi connectivity index (χ3n) is 2.66. The summed E-state index contributed by atoms with van der Waals surface area (Å²) in [5, 5.41) is 8.78. The monoisotopic (exact) mass is 217 g/mol. The van der Waals surface area contributed by atoms with E-state index in [9.17, 15) is 4.79 Å². The zero-order valence-electron chi connectivity index (χ0n) is 9.31. The summed E-state index contributed by atoms with van der Waals surface area (Å²) in [6, 6.07) is 0.213. The van der Waals surface area contributed by atoms with Crippen LogP contribution < -0.4 is 0 Å². The van der Waals surface area contributed by atoms with E-state index in [-0.39, 0.29) is 18.5 Å². The maximum Gasteiger partial charge on any atom is 0.305 e. The summed E-state index contributed by atoms with van der Waals surface area (Å²) in [6.07, 6.45) is 0.133. The molecule has 1 N–H and O–H groups in total. The van der Waals surface area contributed by atoms with E-state index in [1.54, 1.807) is 7.11 Å². The highest BCUT2D eigenvalue weighted by Gasteiger charge is 2.28. The maximum atomic E-state index is 10.7. The molecule has 1 rings (SSSR count). The van der Waals surface area contributed by atoms with E-state index in [0.29, 0.717) is 19.8 Å². The minimum atomic E-state index is -0.778. The molecule has 5 nitrogen and oxygen atoms in total. The van der Waals surface area contributed by atoms with Gasteiger partial charge in [-0.1, -0.05) is 0 Å². The van der Waals surface area contributed by atoms with Crippen LogP contribution in [-0.2, 0) is 14.3 Å². The molecule has 0 spiro atoms. The van der Waals surface area contributed by atoms with Crippen LogP contribution in [0.2, 0.25) is 0 Å². The van der Waals surface area contributed by atoms with Crippen LogP contribution in [0.25, 0.3) is 0 Å². The molecular formula is C10H19NO4. The molecule has 15 heavy (non-hydrogen) atoms. The standard InChI is InChI=1S/C10H19NO4/c1-8(6-14-2)11-3-4-15-7-9(11)5-10(12)13/h8-9H,3-7H2,1-2H3,(H,12,13). The lowest BCUT2D eigenvalue weighted by atomic mass is 10.1. The number of aliphatic carboxylic acids is 1. The van der Waals surface area contributed by atoms with Gasteiger partial charge < -0.3 is 14.6 Å². The van der Waals surface area contributed by atoms with Crippen molar-refractivity contribution in [3.8, 4) is 0 Å². The number of morpholine rings is 1. The van der Waals surface area contributed by atoms with E-state index in [4.69, 9.17) is 14.6 Å². The van der Waals surface area contributed by atoms with E-state index in [1.807, 2.05) is 6.92 Å². The lowest BCUT2D eigenvalue weighted by Gasteiger charge is -2.38. The topological polar surface area (TPSA) is 59.0 Å². The fraction of sp³-hybridized carbons (Fsp3) is 0.900. The maximum absolute atomic E-state index is 10.7. The average molecular weight is 217 g/mol. The summed E-state index contributed by atoms with van der Waals surface area (Å²) < 4.78 is 10.4. The molecule has 88 valence electrons. The van der Waals surface area contributed by atoms with Crippen molar-refractivity contribution in [3.05, 3.63) is 0 Å². The molecule has 0 bridgehead atoms. The fourth-order valence-electron chi connectivity index (χ4n) is 1.96. The van der Waals surface area contributed by atoms with Crippen LogP contribution in [0.3, 0.4) is 0 Å². The van der Waals surface area contributed by atoms with Crippen molar-refractivity contribution in [1.29, 1.82) is 0 Å². The molecule has 0 radical (unpaired) electrons. The summed E-state index contributed by atoms with van der Waals surface area (Å²) in [5.41, 5.74) is 0. The van der Waals surface area contributed by atoms with Gasteiger partial charge in [-0.05, 0) is 6.92 Å². The lowest BCUT2D eigenvalue weighted by Crippen LogP contribution is -2.51. The molecule has 0 aromatic heterocycles. The van der Waals surface area contributed by atoms with Crippen molar-refractivity contribution in [3.63, 3.8) is 0 Å². The zero-order valence-corrected chi connectivity index (χ0v) is 9.31. The van der Waals surface area contributed by atoms with Gasteiger partial charge in [0.1, 0.15) is 0 Å². The second-order valence-electron chi connectivity index (χ2n) is 3.87. The van der Waals surface area contributed by atoms with Gasteiger partial charge in [0.05, 0.1) is 26.2 Å². The summed E-state index contributed by atoms with van der Waals surface area (Å²) in [4.78, 5) is 12.8. The first-order valence-electron chi connectivity index (χ1n) is 5.19. The molecule has 0 amide bonds. The number of nitrogens with zero attached hydrogens (tertiary/aromatic N) is 1. The number of hydrogen-bond acceptors (Lipinski definition) is 4. The van der Waals surface area contributed by atoms with Gasteiger partial charge in [-0.15, -0.1) is 0 Å². The minimum absolute atomic E-state index is 0.0265. The van der Waals surface area contributed by atoms with E-state index < -0.39 is 5.97 Å². The predicted molar refractivity (Wildman–Crippen MR) is 54.9 cm³/mol. The number of ether oxygens (including phenoxy) is 2. The van der Waals surface area contributed by atoms with Gasteiger partial charge in [-0.25, -0.2) is 0 Å². The number of carboxylic acid groups (broad SMARTS) is 1. The van der Waals surface area contributed by atoms with Crippen LogP contribution in [0.15, 0.2) is 0 Å². The minimum Gasteiger partial charge on any atom is -0.481 e. The summed E-state index contributed by atoms with van der Waals surface area (Å²) in [7, 11) is 1.66. The van der Waals surface area contributed by atoms with Gasteiger partial charge in [-0.3, -0.25) is 9.69 Å². The molecule has 1 saturated heterocycles. The normalized spacial score (nSPS) is 25.1. The summed E-state index contributed by atoms with van der Waals surface area (Å²) in [5.74, 6) is -0.778. The molecule has 5 heteroatoms. The molecule has 1 aliphatic heterocycles. The van der Waals surface area contributed by atoms with Crippen LogP contribution in [0, 0.1) is 0 Å². The number of carboxylic acids is 1. The number of carbonyl (C=O) groups is 1.